The number of piperidine rings is 1. The molecule has 0 amide bonds. The van der Waals surface area contributed by atoms with Gasteiger partial charge in [0.15, 0.2) is 0 Å². The Bertz CT molecular complexity index is 829. The van der Waals surface area contributed by atoms with Gasteiger partial charge in [0.1, 0.15) is 5.82 Å². The van der Waals surface area contributed by atoms with Crippen LogP contribution in [0, 0.1) is 11.7 Å². The number of hydrogen-bond donors (Lipinski definition) is 1. The highest BCUT2D eigenvalue weighted by molar-refractivity contribution is 7.13. The number of rotatable bonds is 4. The number of pyridine rings is 1. The summed E-state index contributed by atoms with van der Waals surface area (Å²) in [5.41, 5.74) is 1.02. The van der Waals surface area contributed by atoms with Crippen molar-refractivity contribution in [2.24, 2.45) is 5.92 Å². The normalized spacial score (nSPS) is 15.7. The Morgan fingerprint density at radius 1 is 1.21 bits per heavy atom. The minimum Gasteiger partial charge on any atom is -0.477 e. The lowest BCUT2D eigenvalue weighted by molar-refractivity contribution is 0.211. The van der Waals surface area contributed by atoms with E-state index in [1.165, 1.54) is 12.1 Å². The molecule has 0 saturated carbocycles. The number of fused-ring (bicyclic) bond motifs is 1. The predicted octanol–water partition coefficient (Wildman–Crippen LogP) is 4.48. The molecule has 1 saturated heterocycles. The maximum absolute atomic E-state index is 13.8. The van der Waals surface area contributed by atoms with Gasteiger partial charge in [-0.3, -0.25) is 0 Å². The molecule has 1 aliphatic rings. The van der Waals surface area contributed by atoms with Gasteiger partial charge in [-0.2, -0.15) is 0 Å². The van der Waals surface area contributed by atoms with Crippen molar-refractivity contribution in [1.29, 1.82) is 0 Å². The molecule has 1 aliphatic heterocycles. The average molecular weight is 342 g/mol. The monoisotopic (exact) mass is 342 g/mol. The van der Waals surface area contributed by atoms with Gasteiger partial charge in [0.25, 0.3) is 0 Å². The lowest BCUT2D eigenvalue weighted by Crippen LogP contribution is -2.30. The number of nitrogens with one attached hydrogen (secondary N) is 1. The van der Waals surface area contributed by atoms with Gasteiger partial charge < -0.3 is 10.1 Å². The van der Waals surface area contributed by atoms with Gasteiger partial charge in [0.2, 0.25) is 5.88 Å². The lowest BCUT2D eigenvalue weighted by atomic mass is 9.99. The number of aromatic nitrogens is 1. The zero-order valence-corrected chi connectivity index (χ0v) is 14.1. The number of nitrogens with zero attached hydrogens (tertiary/aromatic N) is 1. The SMILES string of the molecule is Fc1ccc2c(-c3cccs3)cnc(OCC3CCNCC3)c2c1. The van der Waals surface area contributed by atoms with E-state index in [1.54, 1.807) is 11.3 Å². The molecule has 3 heterocycles. The van der Waals surface area contributed by atoms with Crippen LogP contribution in [0.2, 0.25) is 0 Å². The summed E-state index contributed by atoms with van der Waals surface area (Å²) in [5.74, 6) is 0.802. The van der Waals surface area contributed by atoms with Gasteiger partial charge in [-0.25, -0.2) is 9.37 Å². The van der Waals surface area contributed by atoms with Crippen LogP contribution in [0.4, 0.5) is 4.39 Å². The first-order valence-electron chi connectivity index (χ1n) is 8.27. The van der Waals surface area contributed by atoms with E-state index in [0.717, 1.165) is 47.1 Å². The van der Waals surface area contributed by atoms with E-state index in [0.29, 0.717) is 18.4 Å². The lowest BCUT2D eigenvalue weighted by Gasteiger charge is -2.22. The molecule has 1 N–H and O–H groups in total. The molecule has 5 heteroatoms. The van der Waals surface area contributed by atoms with E-state index in [4.69, 9.17) is 4.74 Å². The van der Waals surface area contributed by atoms with Gasteiger partial charge in [-0.05, 0) is 60.8 Å². The van der Waals surface area contributed by atoms with Crippen molar-refractivity contribution in [3.8, 4) is 16.3 Å². The highest BCUT2D eigenvalue weighted by Gasteiger charge is 2.16. The topological polar surface area (TPSA) is 34.1 Å². The van der Waals surface area contributed by atoms with Crippen LogP contribution in [-0.2, 0) is 0 Å². The Kier molecular flexibility index (Phi) is 4.45. The first-order valence-corrected chi connectivity index (χ1v) is 9.15. The number of benzene rings is 1. The van der Waals surface area contributed by atoms with Crippen molar-refractivity contribution in [2.45, 2.75) is 12.8 Å². The van der Waals surface area contributed by atoms with Gasteiger partial charge in [-0.1, -0.05) is 12.1 Å². The van der Waals surface area contributed by atoms with Crippen LogP contribution in [-0.4, -0.2) is 24.7 Å². The van der Waals surface area contributed by atoms with Crippen LogP contribution < -0.4 is 10.1 Å². The zero-order valence-electron chi connectivity index (χ0n) is 13.3. The third-order valence-corrected chi connectivity index (χ3v) is 5.42. The van der Waals surface area contributed by atoms with Crippen LogP contribution in [0.1, 0.15) is 12.8 Å². The summed E-state index contributed by atoms with van der Waals surface area (Å²) in [6, 6.07) is 8.91. The number of ether oxygens (including phenoxy) is 1. The molecule has 3 aromatic rings. The summed E-state index contributed by atoms with van der Waals surface area (Å²) >= 11 is 1.66. The van der Waals surface area contributed by atoms with Crippen molar-refractivity contribution < 1.29 is 9.13 Å². The predicted molar refractivity (Wildman–Crippen MR) is 96.1 cm³/mol. The molecule has 124 valence electrons. The first kappa shape index (κ1) is 15.5. The number of thiophene rings is 1. The fourth-order valence-corrected chi connectivity index (χ4v) is 3.93. The summed E-state index contributed by atoms with van der Waals surface area (Å²) in [6.45, 7) is 2.71. The highest BCUT2D eigenvalue weighted by Crippen LogP contribution is 2.35. The molecule has 0 bridgehead atoms. The van der Waals surface area contributed by atoms with Gasteiger partial charge in [-0.15, -0.1) is 11.3 Å². The van der Waals surface area contributed by atoms with Crippen molar-refractivity contribution in [3.63, 3.8) is 0 Å². The molecule has 0 atom stereocenters. The van der Waals surface area contributed by atoms with E-state index < -0.39 is 0 Å². The van der Waals surface area contributed by atoms with Crippen molar-refractivity contribution >= 4 is 22.1 Å². The fourth-order valence-electron chi connectivity index (χ4n) is 3.18. The Labute approximate surface area is 144 Å². The zero-order chi connectivity index (χ0) is 16.4. The van der Waals surface area contributed by atoms with Crippen LogP contribution >= 0.6 is 11.3 Å². The van der Waals surface area contributed by atoms with E-state index >= 15 is 0 Å². The minimum absolute atomic E-state index is 0.264. The second kappa shape index (κ2) is 6.87. The van der Waals surface area contributed by atoms with E-state index in [-0.39, 0.29) is 5.82 Å². The molecule has 4 rings (SSSR count). The molecule has 0 aliphatic carbocycles. The van der Waals surface area contributed by atoms with E-state index in [2.05, 4.69) is 16.4 Å². The molecule has 0 radical (unpaired) electrons. The van der Waals surface area contributed by atoms with Crippen molar-refractivity contribution in [3.05, 3.63) is 47.7 Å². The average Bonchev–Trinajstić information content (AvgIpc) is 3.15. The Morgan fingerprint density at radius 3 is 2.88 bits per heavy atom. The molecular weight excluding hydrogens is 323 g/mol. The van der Waals surface area contributed by atoms with Crippen LogP contribution in [0.15, 0.2) is 41.9 Å². The largest absolute Gasteiger partial charge is 0.477 e. The van der Waals surface area contributed by atoms with Crippen LogP contribution in [0.25, 0.3) is 21.2 Å². The minimum atomic E-state index is -0.264. The summed E-state index contributed by atoms with van der Waals surface area (Å²) in [5, 5.41) is 7.11. The quantitative estimate of drug-likeness (QED) is 0.759. The summed E-state index contributed by atoms with van der Waals surface area (Å²) < 4.78 is 19.8. The third-order valence-electron chi connectivity index (χ3n) is 4.51. The van der Waals surface area contributed by atoms with Crippen LogP contribution in [0.5, 0.6) is 5.88 Å². The Morgan fingerprint density at radius 2 is 2.08 bits per heavy atom. The second-order valence-corrected chi connectivity index (χ2v) is 7.10. The fraction of sp³-hybridized carbons (Fsp3) is 0.316. The second-order valence-electron chi connectivity index (χ2n) is 6.15. The van der Waals surface area contributed by atoms with Gasteiger partial charge in [0, 0.05) is 22.0 Å². The molecule has 2 aromatic heterocycles. The molecule has 1 fully saturated rings. The summed E-state index contributed by atoms with van der Waals surface area (Å²) in [7, 11) is 0. The van der Waals surface area contributed by atoms with Gasteiger partial charge >= 0.3 is 0 Å². The first-order chi connectivity index (χ1) is 11.8. The molecule has 3 nitrogen and oxygen atoms in total. The Hall–Kier alpha value is -1.98. The number of hydrogen-bond acceptors (Lipinski definition) is 4. The Balaban J connectivity index is 1.68. The highest BCUT2D eigenvalue weighted by atomic mass is 32.1. The van der Waals surface area contributed by atoms with Gasteiger partial charge in [0.05, 0.1) is 6.61 Å². The molecule has 24 heavy (non-hydrogen) atoms. The molecular formula is C19H19FN2OS. The molecule has 0 unspecified atom stereocenters. The van der Waals surface area contributed by atoms with E-state index in [1.807, 2.05) is 23.7 Å². The standard InChI is InChI=1S/C19H19FN2OS/c20-14-3-4-15-16(10-14)19(23-12-13-5-7-21-8-6-13)22-11-17(15)18-2-1-9-24-18/h1-4,9-11,13,21H,5-8,12H2. The third kappa shape index (κ3) is 3.14. The van der Waals surface area contributed by atoms with Crippen molar-refractivity contribution in [1.82, 2.24) is 10.3 Å². The smallest absolute Gasteiger partial charge is 0.221 e. The summed E-state index contributed by atoms with van der Waals surface area (Å²) in [6.07, 6.45) is 4.06. The van der Waals surface area contributed by atoms with Crippen LogP contribution in [0.3, 0.4) is 0 Å². The summed E-state index contributed by atoms with van der Waals surface area (Å²) in [4.78, 5) is 5.62. The molecule has 0 spiro atoms. The van der Waals surface area contributed by atoms with E-state index in [9.17, 15) is 4.39 Å². The number of halogens is 1. The van der Waals surface area contributed by atoms with Crippen molar-refractivity contribution in [2.75, 3.05) is 19.7 Å². The molecule has 1 aromatic carbocycles. The maximum Gasteiger partial charge on any atom is 0.221 e. The maximum atomic E-state index is 13.8.